The Labute approximate surface area is 132 Å². The summed E-state index contributed by atoms with van der Waals surface area (Å²) in [6.45, 7) is 5.27. The summed E-state index contributed by atoms with van der Waals surface area (Å²) in [7, 11) is 0. The van der Waals surface area contributed by atoms with E-state index in [2.05, 4.69) is 38.1 Å². The van der Waals surface area contributed by atoms with E-state index in [1.165, 1.54) is 68.9 Å². The molecule has 1 unspecified atom stereocenters. The molecule has 0 bridgehead atoms. The largest absolute Gasteiger partial charge is 0.330 e. The summed E-state index contributed by atoms with van der Waals surface area (Å²) in [5.74, 6) is 0.659. The lowest BCUT2D eigenvalue weighted by Crippen LogP contribution is -2.17. The summed E-state index contributed by atoms with van der Waals surface area (Å²) in [5, 5.41) is 0. The van der Waals surface area contributed by atoms with E-state index in [1.54, 1.807) is 0 Å². The average Bonchev–Trinajstić information content (AvgIpc) is 2.48. The van der Waals surface area contributed by atoms with Gasteiger partial charge in [0, 0.05) is 0 Å². The zero-order valence-electron chi connectivity index (χ0n) is 14.2. The molecular weight excluding hydrogens is 254 g/mol. The van der Waals surface area contributed by atoms with Gasteiger partial charge in [-0.05, 0) is 37.8 Å². The normalized spacial score (nSPS) is 12.5. The van der Waals surface area contributed by atoms with Crippen LogP contribution in [0.2, 0.25) is 0 Å². The van der Waals surface area contributed by atoms with Crippen LogP contribution in [0, 0.1) is 12.8 Å². The van der Waals surface area contributed by atoms with Crippen molar-refractivity contribution in [2.45, 2.75) is 78.1 Å². The van der Waals surface area contributed by atoms with Crippen molar-refractivity contribution in [3.63, 3.8) is 0 Å². The quantitative estimate of drug-likeness (QED) is 0.495. The fraction of sp³-hybridized carbons (Fsp3) is 0.700. The van der Waals surface area contributed by atoms with E-state index in [9.17, 15) is 0 Å². The maximum absolute atomic E-state index is 5.95. The number of nitrogens with two attached hydrogens (primary N) is 1. The van der Waals surface area contributed by atoms with Crippen molar-refractivity contribution in [2.75, 3.05) is 6.54 Å². The van der Waals surface area contributed by atoms with Gasteiger partial charge in [-0.1, -0.05) is 88.1 Å². The number of hydrogen-bond donors (Lipinski definition) is 1. The Kier molecular flexibility index (Phi) is 10.2. The lowest BCUT2D eigenvalue weighted by atomic mass is 9.93. The third-order valence-corrected chi connectivity index (χ3v) is 4.41. The number of benzene rings is 1. The standard InChI is InChI=1S/C20H35N/c1-3-4-5-6-7-8-9-10-13-20(17-21)16-19-14-11-12-18(2)15-19/h11-12,14-15,20H,3-10,13,16-17,21H2,1-2H3. The second-order valence-corrected chi connectivity index (χ2v) is 6.56. The summed E-state index contributed by atoms with van der Waals surface area (Å²) in [5.41, 5.74) is 8.76. The molecule has 1 heteroatoms. The molecule has 1 aromatic rings. The Balaban J connectivity index is 2.11. The first-order valence-electron chi connectivity index (χ1n) is 9.02. The molecular formula is C20H35N. The number of unbranched alkanes of at least 4 members (excludes halogenated alkanes) is 7. The van der Waals surface area contributed by atoms with Gasteiger partial charge in [-0.15, -0.1) is 0 Å². The SMILES string of the molecule is CCCCCCCCCCC(CN)Cc1cccc(C)c1. The van der Waals surface area contributed by atoms with Crippen LogP contribution in [0.1, 0.15) is 75.8 Å². The Morgan fingerprint density at radius 3 is 2.24 bits per heavy atom. The maximum Gasteiger partial charge on any atom is -0.00457 e. The van der Waals surface area contributed by atoms with E-state index in [0.717, 1.165) is 13.0 Å². The highest BCUT2D eigenvalue weighted by Gasteiger charge is 2.07. The average molecular weight is 290 g/mol. The van der Waals surface area contributed by atoms with E-state index in [1.807, 2.05) is 0 Å². The van der Waals surface area contributed by atoms with Gasteiger partial charge in [-0.2, -0.15) is 0 Å². The summed E-state index contributed by atoms with van der Waals surface area (Å²) >= 11 is 0. The fourth-order valence-electron chi connectivity index (χ4n) is 3.04. The Hall–Kier alpha value is -0.820. The highest BCUT2D eigenvalue weighted by molar-refractivity contribution is 5.22. The summed E-state index contributed by atoms with van der Waals surface area (Å²) in [6, 6.07) is 8.87. The van der Waals surface area contributed by atoms with Gasteiger partial charge in [0.1, 0.15) is 0 Å². The molecule has 1 nitrogen and oxygen atoms in total. The van der Waals surface area contributed by atoms with E-state index >= 15 is 0 Å². The van der Waals surface area contributed by atoms with Gasteiger partial charge in [0.15, 0.2) is 0 Å². The Morgan fingerprint density at radius 2 is 1.62 bits per heavy atom. The van der Waals surface area contributed by atoms with Gasteiger partial charge in [0.25, 0.3) is 0 Å². The van der Waals surface area contributed by atoms with E-state index in [4.69, 9.17) is 5.73 Å². The van der Waals surface area contributed by atoms with Gasteiger partial charge in [-0.3, -0.25) is 0 Å². The van der Waals surface area contributed by atoms with Crippen molar-refractivity contribution >= 4 is 0 Å². The maximum atomic E-state index is 5.95. The van der Waals surface area contributed by atoms with Crippen LogP contribution in [0.4, 0.5) is 0 Å². The molecule has 0 saturated heterocycles. The molecule has 0 aromatic heterocycles. The lowest BCUT2D eigenvalue weighted by Gasteiger charge is -2.15. The number of hydrogen-bond acceptors (Lipinski definition) is 1. The van der Waals surface area contributed by atoms with Crippen LogP contribution < -0.4 is 5.73 Å². The van der Waals surface area contributed by atoms with Crippen molar-refractivity contribution in [3.05, 3.63) is 35.4 Å². The van der Waals surface area contributed by atoms with Gasteiger partial charge in [-0.25, -0.2) is 0 Å². The Bertz CT molecular complexity index is 359. The van der Waals surface area contributed by atoms with Crippen LogP contribution >= 0.6 is 0 Å². The van der Waals surface area contributed by atoms with Crippen molar-refractivity contribution in [2.24, 2.45) is 11.7 Å². The van der Waals surface area contributed by atoms with E-state index < -0.39 is 0 Å². The zero-order chi connectivity index (χ0) is 15.3. The summed E-state index contributed by atoms with van der Waals surface area (Å²) in [4.78, 5) is 0. The molecule has 0 heterocycles. The Morgan fingerprint density at radius 1 is 0.952 bits per heavy atom. The van der Waals surface area contributed by atoms with Crippen molar-refractivity contribution < 1.29 is 0 Å². The van der Waals surface area contributed by atoms with E-state index in [0.29, 0.717) is 5.92 Å². The highest BCUT2D eigenvalue weighted by atomic mass is 14.5. The molecule has 0 aliphatic heterocycles. The smallest absolute Gasteiger partial charge is 0.00457 e. The molecule has 0 amide bonds. The number of rotatable bonds is 12. The van der Waals surface area contributed by atoms with Crippen LogP contribution in [0.5, 0.6) is 0 Å². The molecule has 21 heavy (non-hydrogen) atoms. The van der Waals surface area contributed by atoms with Gasteiger partial charge < -0.3 is 5.73 Å². The third-order valence-electron chi connectivity index (χ3n) is 4.41. The second kappa shape index (κ2) is 11.8. The predicted molar refractivity (Wildman–Crippen MR) is 94.7 cm³/mol. The second-order valence-electron chi connectivity index (χ2n) is 6.56. The lowest BCUT2D eigenvalue weighted by molar-refractivity contribution is 0.455. The molecule has 0 saturated carbocycles. The monoisotopic (exact) mass is 289 g/mol. The van der Waals surface area contributed by atoms with Crippen LogP contribution in [0.25, 0.3) is 0 Å². The van der Waals surface area contributed by atoms with Crippen LogP contribution in [-0.2, 0) is 6.42 Å². The van der Waals surface area contributed by atoms with E-state index in [-0.39, 0.29) is 0 Å². The molecule has 1 atom stereocenters. The van der Waals surface area contributed by atoms with Gasteiger partial charge >= 0.3 is 0 Å². The molecule has 0 fully saturated rings. The molecule has 0 spiro atoms. The minimum absolute atomic E-state index is 0.659. The van der Waals surface area contributed by atoms with Crippen LogP contribution in [-0.4, -0.2) is 6.54 Å². The third kappa shape index (κ3) is 8.93. The minimum Gasteiger partial charge on any atom is -0.330 e. The van der Waals surface area contributed by atoms with Gasteiger partial charge in [0.2, 0.25) is 0 Å². The van der Waals surface area contributed by atoms with Crippen molar-refractivity contribution in [3.8, 4) is 0 Å². The molecule has 0 aliphatic rings. The fourth-order valence-corrected chi connectivity index (χ4v) is 3.04. The molecule has 0 radical (unpaired) electrons. The van der Waals surface area contributed by atoms with Crippen molar-refractivity contribution in [1.29, 1.82) is 0 Å². The van der Waals surface area contributed by atoms with Crippen molar-refractivity contribution in [1.82, 2.24) is 0 Å². The first-order chi connectivity index (χ1) is 10.3. The highest BCUT2D eigenvalue weighted by Crippen LogP contribution is 2.17. The topological polar surface area (TPSA) is 26.0 Å². The summed E-state index contributed by atoms with van der Waals surface area (Å²) < 4.78 is 0. The first kappa shape index (κ1) is 18.2. The first-order valence-corrected chi connectivity index (χ1v) is 9.02. The molecule has 1 aromatic carbocycles. The predicted octanol–water partition coefficient (Wildman–Crippen LogP) is 5.64. The summed E-state index contributed by atoms with van der Waals surface area (Å²) in [6.07, 6.45) is 13.6. The number of aryl methyl sites for hydroxylation is 1. The molecule has 0 aliphatic carbocycles. The zero-order valence-corrected chi connectivity index (χ0v) is 14.2. The minimum atomic E-state index is 0.659. The van der Waals surface area contributed by atoms with Gasteiger partial charge in [0.05, 0.1) is 0 Å². The molecule has 2 N–H and O–H groups in total. The molecule has 1 rings (SSSR count). The molecule has 120 valence electrons. The van der Waals surface area contributed by atoms with Crippen LogP contribution in [0.3, 0.4) is 0 Å². The van der Waals surface area contributed by atoms with Crippen LogP contribution in [0.15, 0.2) is 24.3 Å².